The van der Waals surface area contributed by atoms with Crippen molar-refractivity contribution in [3.05, 3.63) is 30.1 Å². The first-order valence-electron chi connectivity index (χ1n) is 5.43. The number of hydrogen-bond acceptors (Lipinski definition) is 4. The number of fused-ring (bicyclic) bond motifs is 1. The minimum atomic E-state index is -3.03. The molecule has 1 aromatic carbocycles. The Morgan fingerprint density at radius 3 is 2.78 bits per heavy atom. The maximum atomic E-state index is 13.8. The summed E-state index contributed by atoms with van der Waals surface area (Å²) in [6.07, 6.45) is 0. The SMILES string of the molecule is O=S1(=O)C[C@H]2SC(=S)N(c3ccccc3F)[C@H]2C1. The van der Waals surface area contributed by atoms with Crippen molar-refractivity contribution in [2.45, 2.75) is 11.3 Å². The molecule has 0 unspecified atom stereocenters. The van der Waals surface area contributed by atoms with Crippen molar-refractivity contribution < 1.29 is 12.8 Å². The summed E-state index contributed by atoms with van der Waals surface area (Å²) in [5.74, 6) is -0.183. The van der Waals surface area contributed by atoms with E-state index >= 15 is 0 Å². The van der Waals surface area contributed by atoms with Crippen LogP contribution in [-0.2, 0) is 9.84 Å². The molecule has 0 saturated carbocycles. The minimum absolute atomic E-state index is 0.0547. The van der Waals surface area contributed by atoms with E-state index in [9.17, 15) is 12.8 Å². The van der Waals surface area contributed by atoms with Crippen LogP contribution in [0.15, 0.2) is 24.3 Å². The second-order valence-electron chi connectivity index (χ2n) is 4.39. The summed E-state index contributed by atoms with van der Waals surface area (Å²) < 4.78 is 37.6. The number of thiocarbonyl (C=S) groups is 1. The van der Waals surface area contributed by atoms with Crippen LogP contribution >= 0.6 is 24.0 Å². The van der Waals surface area contributed by atoms with Crippen molar-refractivity contribution in [1.29, 1.82) is 0 Å². The Hall–Kier alpha value is -0.660. The fraction of sp³-hybridized carbons (Fsp3) is 0.364. The Bertz CT molecular complexity index is 616. The summed E-state index contributed by atoms with van der Waals surface area (Å²) in [4.78, 5) is 1.66. The van der Waals surface area contributed by atoms with E-state index in [2.05, 4.69) is 0 Å². The lowest BCUT2D eigenvalue weighted by molar-refractivity contribution is 0.600. The summed E-state index contributed by atoms with van der Waals surface area (Å²) in [6.45, 7) is 0. The minimum Gasteiger partial charge on any atom is -0.319 e. The summed E-state index contributed by atoms with van der Waals surface area (Å²) in [5, 5.41) is -0.0675. The van der Waals surface area contributed by atoms with Crippen LogP contribution in [0.25, 0.3) is 0 Å². The van der Waals surface area contributed by atoms with Gasteiger partial charge in [0.1, 0.15) is 10.1 Å². The third-order valence-electron chi connectivity index (χ3n) is 3.16. The highest BCUT2D eigenvalue weighted by Gasteiger charge is 2.48. The maximum absolute atomic E-state index is 13.8. The fourth-order valence-corrected chi connectivity index (χ4v) is 6.76. The first-order chi connectivity index (χ1) is 8.48. The summed E-state index contributed by atoms with van der Waals surface area (Å²) >= 11 is 6.60. The third-order valence-corrected chi connectivity index (χ3v) is 6.76. The number of halogens is 1. The second-order valence-corrected chi connectivity index (χ2v) is 8.41. The lowest BCUT2D eigenvalue weighted by atomic mass is 10.2. The fourth-order valence-electron chi connectivity index (χ4n) is 2.40. The third kappa shape index (κ3) is 1.94. The van der Waals surface area contributed by atoms with Gasteiger partial charge in [0.25, 0.3) is 0 Å². The van der Waals surface area contributed by atoms with Gasteiger partial charge in [0.2, 0.25) is 0 Å². The molecule has 2 aliphatic heterocycles. The zero-order valence-electron chi connectivity index (χ0n) is 9.24. The molecule has 7 heteroatoms. The molecule has 18 heavy (non-hydrogen) atoms. The van der Waals surface area contributed by atoms with Gasteiger partial charge in [0.15, 0.2) is 9.84 Å². The monoisotopic (exact) mass is 303 g/mol. The zero-order valence-corrected chi connectivity index (χ0v) is 11.7. The predicted molar refractivity (Wildman–Crippen MR) is 75.3 cm³/mol. The lowest BCUT2D eigenvalue weighted by Gasteiger charge is -2.24. The molecular formula is C11H10FNO2S3. The number of sulfone groups is 1. The van der Waals surface area contributed by atoms with Gasteiger partial charge in [0, 0.05) is 5.25 Å². The van der Waals surface area contributed by atoms with Crippen LogP contribution in [0.3, 0.4) is 0 Å². The average molecular weight is 303 g/mol. The zero-order chi connectivity index (χ0) is 12.9. The van der Waals surface area contributed by atoms with Gasteiger partial charge in [-0.1, -0.05) is 36.1 Å². The molecule has 1 aromatic rings. The Kier molecular flexibility index (Phi) is 2.87. The van der Waals surface area contributed by atoms with E-state index in [1.807, 2.05) is 0 Å². The van der Waals surface area contributed by atoms with E-state index < -0.39 is 9.84 Å². The number of rotatable bonds is 1. The van der Waals surface area contributed by atoms with Crippen LogP contribution in [0.2, 0.25) is 0 Å². The molecule has 3 rings (SSSR count). The van der Waals surface area contributed by atoms with Gasteiger partial charge >= 0.3 is 0 Å². The highest BCUT2D eigenvalue weighted by atomic mass is 32.2. The van der Waals surface area contributed by atoms with E-state index in [1.165, 1.54) is 17.8 Å². The van der Waals surface area contributed by atoms with Gasteiger partial charge in [-0.2, -0.15) is 0 Å². The van der Waals surface area contributed by atoms with E-state index in [0.717, 1.165) is 0 Å². The molecule has 2 heterocycles. The van der Waals surface area contributed by atoms with Gasteiger partial charge in [-0.15, -0.1) is 0 Å². The molecule has 0 N–H and O–H groups in total. The molecule has 2 fully saturated rings. The average Bonchev–Trinajstić information content (AvgIpc) is 2.70. The maximum Gasteiger partial charge on any atom is 0.153 e. The van der Waals surface area contributed by atoms with Crippen LogP contribution in [0.1, 0.15) is 0 Å². The van der Waals surface area contributed by atoms with Gasteiger partial charge in [-0.25, -0.2) is 12.8 Å². The summed E-state index contributed by atoms with van der Waals surface area (Å²) in [5.41, 5.74) is 0.375. The molecule has 0 aromatic heterocycles. The molecule has 0 radical (unpaired) electrons. The molecule has 0 bridgehead atoms. The molecule has 0 amide bonds. The van der Waals surface area contributed by atoms with E-state index in [1.54, 1.807) is 23.1 Å². The van der Waals surface area contributed by atoms with Crippen molar-refractivity contribution >= 4 is 43.8 Å². The van der Waals surface area contributed by atoms with Crippen LogP contribution in [0.5, 0.6) is 0 Å². The highest BCUT2D eigenvalue weighted by Crippen LogP contribution is 2.41. The van der Waals surface area contributed by atoms with E-state index in [0.29, 0.717) is 10.0 Å². The highest BCUT2D eigenvalue weighted by molar-refractivity contribution is 8.24. The summed E-state index contributed by atoms with van der Waals surface area (Å²) in [6, 6.07) is 6.09. The Morgan fingerprint density at radius 1 is 1.33 bits per heavy atom. The normalized spacial score (nSPS) is 29.6. The number of thioether (sulfide) groups is 1. The van der Waals surface area contributed by atoms with E-state index in [-0.39, 0.29) is 28.6 Å². The molecule has 3 nitrogen and oxygen atoms in total. The molecule has 0 spiro atoms. The largest absolute Gasteiger partial charge is 0.319 e. The van der Waals surface area contributed by atoms with Crippen LogP contribution in [0.4, 0.5) is 10.1 Å². The topological polar surface area (TPSA) is 37.4 Å². The molecule has 0 aliphatic carbocycles. The number of hydrogen-bond donors (Lipinski definition) is 0. The van der Waals surface area contributed by atoms with Crippen molar-refractivity contribution in [1.82, 2.24) is 0 Å². The number of benzene rings is 1. The lowest BCUT2D eigenvalue weighted by Crippen LogP contribution is -2.37. The quantitative estimate of drug-likeness (QED) is 0.740. The van der Waals surface area contributed by atoms with Crippen molar-refractivity contribution in [3.63, 3.8) is 0 Å². The van der Waals surface area contributed by atoms with Gasteiger partial charge in [0.05, 0.1) is 23.2 Å². The number of nitrogens with zero attached hydrogens (tertiary/aromatic N) is 1. The first kappa shape index (κ1) is 12.4. The second kappa shape index (κ2) is 4.18. The van der Waals surface area contributed by atoms with Crippen LogP contribution < -0.4 is 4.90 Å². The molecule has 2 aliphatic rings. The Balaban J connectivity index is 2.02. The summed E-state index contributed by atoms with van der Waals surface area (Å²) in [7, 11) is -3.03. The van der Waals surface area contributed by atoms with Crippen molar-refractivity contribution in [3.8, 4) is 0 Å². The van der Waals surface area contributed by atoms with E-state index in [4.69, 9.17) is 12.2 Å². The molecule has 2 atom stereocenters. The predicted octanol–water partition coefficient (Wildman–Crippen LogP) is 1.83. The van der Waals surface area contributed by atoms with Crippen LogP contribution in [-0.4, -0.2) is 35.5 Å². The molecule has 2 saturated heterocycles. The van der Waals surface area contributed by atoms with Crippen LogP contribution in [0, 0.1) is 5.82 Å². The van der Waals surface area contributed by atoms with Crippen molar-refractivity contribution in [2.24, 2.45) is 0 Å². The standard InChI is InChI=1S/C11H10FNO2S3/c12-7-3-1-2-4-8(7)13-9-5-18(14,15)6-10(9)17-11(13)16/h1-4,9-10H,5-6H2/t9-,10+/m0/s1. The van der Waals surface area contributed by atoms with Crippen molar-refractivity contribution in [2.75, 3.05) is 16.4 Å². The Labute approximate surface area is 114 Å². The van der Waals surface area contributed by atoms with Gasteiger partial charge < -0.3 is 4.90 Å². The Morgan fingerprint density at radius 2 is 2.06 bits per heavy atom. The first-order valence-corrected chi connectivity index (χ1v) is 8.54. The van der Waals surface area contributed by atoms with Gasteiger partial charge in [-0.05, 0) is 12.1 Å². The molecule has 96 valence electrons. The number of anilines is 1. The van der Waals surface area contributed by atoms with Gasteiger partial charge in [-0.3, -0.25) is 0 Å². The molecular weight excluding hydrogens is 293 g/mol. The smallest absolute Gasteiger partial charge is 0.153 e. The number of para-hydroxylation sites is 1.